The normalized spacial score (nSPS) is 18.6. The lowest BCUT2D eigenvalue weighted by molar-refractivity contribution is 0.311. The Morgan fingerprint density at radius 3 is 2.36 bits per heavy atom. The molecular weight excluding hydrogens is 176 g/mol. The van der Waals surface area contributed by atoms with E-state index in [4.69, 9.17) is 0 Å². The van der Waals surface area contributed by atoms with Crippen LogP contribution in [-0.2, 0) is 0 Å². The zero-order valence-electron chi connectivity index (χ0n) is 8.77. The van der Waals surface area contributed by atoms with Crippen molar-refractivity contribution in [2.24, 2.45) is 0 Å². The van der Waals surface area contributed by atoms with E-state index >= 15 is 0 Å². The summed E-state index contributed by atoms with van der Waals surface area (Å²) in [4.78, 5) is 13.3. The summed E-state index contributed by atoms with van der Waals surface area (Å²) in [6, 6.07) is 0. The Morgan fingerprint density at radius 1 is 1.07 bits per heavy atom. The van der Waals surface area contributed by atoms with E-state index in [9.17, 15) is 0 Å². The third-order valence-electron chi connectivity index (χ3n) is 2.66. The van der Waals surface area contributed by atoms with E-state index in [0.29, 0.717) is 0 Å². The average molecular weight is 192 g/mol. The van der Waals surface area contributed by atoms with E-state index in [1.807, 2.05) is 6.92 Å². The van der Waals surface area contributed by atoms with Crippen LogP contribution in [0.4, 0.5) is 5.82 Å². The lowest BCUT2D eigenvalue weighted by Gasteiger charge is -2.33. The molecule has 76 valence electrons. The molecular formula is C10H16N4. The minimum atomic E-state index is 1.03. The van der Waals surface area contributed by atoms with Crippen LogP contribution in [0, 0.1) is 6.92 Å². The van der Waals surface area contributed by atoms with Crippen molar-refractivity contribution < 1.29 is 0 Å². The van der Waals surface area contributed by atoms with Crippen molar-refractivity contribution >= 4 is 5.82 Å². The van der Waals surface area contributed by atoms with Crippen LogP contribution in [-0.4, -0.2) is 48.1 Å². The van der Waals surface area contributed by atoms with Crippen LogP contribution >= 0.6 is 0 Å². The Morgan fingerprint density at radius 2 is 1.71 bits per heavy atom. The molecule has 0 bridgehead atoms. The van der Waals surface area contributed by atoms with Crippen LogP contribution in [0.1, 0.15) is 5.69 Å². The molecule has 1 aliphatic heterocycles. The molecule has 2 heterocycles. The van der Waals surface area contributed by atoms with Gasteiger partial charge in [0.2, 0.25) is 0 Å². The Labute approximate surface area is 84.6 Å². The van der Waals surface area contributed by atoms with Crippen molar-refractivity contribution in [1.29, 1.82) is 0 Å². The summed E-state index contributed by atoms with van der Waals surface area (Å²) in [5.41, 5.74) is 1.03. The first-order valence-electron chi connectivity index (χ1n) is 4.98. The molecule has 1 fully saturated rings. The highest BCUT2D eigenvalue weighted by atomic mass is 15.3. The number of anilines is 1. The molecule has 4 nitrogen and oxygen atoms in total. The molecule has 0 N–H and O–H groups in total. The summed E-state index contributed by atoms with van der Waals surface area (Å²) >= 11 is 0. The van der Waals surface area contributed by atoms with Gasteiger partial charge in [-0.1, -0.05) is 0 Å². The molecule has 0 spiro atoms. The van der Waals surface area contributed by atoms with Crippen LogP contribution in [0.3, 0.4) is 0 Å². The number of piperazine rings is 1. The lowest BCUT2D eigenvalue weighted by atomic mass is 10.3. The van der Waals surface area contributed by atoms with E-state index in [0.717, 1.165) is 37.7 Å². The fourth-order valence-corrected chi connectivity index (χ4v) is 1.73. The molecule has 14 heavy (non-hydrogen) atoms. The van der Waals surface area contributed by atoms with Crippen molar-refractivity contribution in [1.82, 2.24) is 14.9 Å². The van der Waals surface area contributed by atoms with E-state index in [1.165, 1.54) is 0 Å². The average Bonchev–Trinajstić information content (AvgIpc) is 2.20. The molecule has 1 aromatic heterocycles. The molecule has 0 atom stereocenters. The number of aryl methyl sites for hydroxylation is 1. The SMILES string of the molecule is Cc1nccnc1N1CCN(C)CC1. The fourth-order valence-electron chi connectivity index (χ4n) is 1.73. The van der Waals surface area contributed by atoms with Gasteiger partial charge in [-0.25, -0.2) is 4.98 Å². The van der Waals surface area contributed by atoms with E-state index in [1.54, 1.807) is 12.4 Å². The molecule has 1 aromatic rings. The summed E-state index contributed by atoms with van der Waals surface area (Å²) in [5.74, 6) is 1.04. The zero-order valence-corrected chi connectivity index (χ0v) is 8.77. The first-order valence-corrected chi connectivity index (χ1v) is 4.98. The smallest absolute Gasteiger partial charge is 0.150 e. The van der Waals surface area contributed by atoms with Crippen molar-refractivity contribution in [2.45, 2.75) is 6.92 Å². The fraction of sp³-hybridized carbons (Fsp3) is 0.600. The monoisotopic (exact) mass is 192 g/mol. The van der Waals surface area contributed by atoms with Crippen LogP contribution in [0.5, 0.6) is 0 Å². The van der Waals surface area contributed by atoms with Crippen molar-refractivity contribution in [2.75, 3.05) is 38.1 Å². The topological polar surface area (TPSA) is 32.3 Å². The molecule has 0 unspecified atom stereocenters. The quantitative estimate of drug-likeness (QED) is 0.650. The summed E-state index contributed by atoms with van der Waals surface area (Å²) in [5, 5.41) is 0. The van der Waals surface area contributed by atoms with Crippen molar-refractivity contribution in [3.63, 3.8) is 0 Å². The van der Waals surface area contributed by atoms with Gasteiger partial charge in [0.25, 0.3) is 0 Å². The summed E-state index contributed by atoms with van der Waals surface area (Å²) in [6.07, 6.45) is 3.51. The van der Waals surface area contributed by atoms with Crippen molar-refractivity contribution in [3.8, 4) is 0 Å². The van der Waals surface area contributed by atoms with Gasteiger partial charge in [0.15, 0.2) is 0 Å². The van der Waals surface area contributed by atoms with Crippen molar-refractivity contribution in [3.05, 3.63) is 18.1 Å². The second-order valence-electron chi connectivity index (χ2n) is 3.76. The van der Waals surface area contributed by atoms with Gasteiger partial charge < -0.3 is 9.80 Å². The minimum absolute atomic E-state index is 1.03. The number of likely N-dealkylation sites (N-methyl/N-ethyl adjacent to an activating group) is 1. The Kier molecular flexibility index (Phi) is 2.63. The standard InChI is InChI=1S/C10H16N4/c1-9-10(12-4-3-11-9)14-7-5-13(2)6-8-14/h3-4H,5-8H2,1-2H3. The largest absolute Gasteiger partial charge is 0.353 e. The predicted octanol–water partition coefficient (Wildman–Crippen LogP) is 0.537. The Balaban J connectivity index is 2.12. The first kappa shape index (κ1) is 9.40. The van der Waals surface area contributed by atoms with E-state index in [2.05, 4.69) is 26.8 Å². The molecule has 0 amide bonds. The van der Waals surface area contributed by atoms with Crippen LogP contribution in [0.25, 0.3) is 0 Å². The van der Waals surface area contributed by atoms with Crippen LogP contribution in [0.2, 0.25) is 0 Å². The molecule has 1 saturated heterocycles. The highest BCUT2D eigenvalue weighted by Gasteiger charge is 2.16. The minimum Gasteiger partial charge on any atom is -0.353 e. The number of hydrogen-bond donors (Lipinski definition) is 0. The van der Waals surface area contributed by atoms with Gasteiger partial charge in [-0.3, -0.25) is 4.98 Å². The molecule has 0 radical (unpaired) electrons. The number of aromatic nitrogens is 2. The molecule has 0 aliphatic carbocycles. The van der Waals surface area contributed by atoms with E-state index in [-0.39, 0.29) is 0 Å². The van der Waals surface area contributed by atoms with Gasteiger partial charge in [0.1, 0.15) is 5.82 Å². The summed E-state index contributed by atoms with van der Waals surface area (Å²) < 4.78 is 0. The second kappa shape index (κ2) is 3.92. The predicted molar refractivity (Wildman–Crippen MR) is 56.5 cm³/mol. The molecule has 0 saturated carbocycles. The van der Waals surface area contributed by atoms with Crippen LogP contribution < -0.4 is 4.90 Å². The number of hydrogen-bond acceptors (Lipinski definition) is 4. The molecule has 0 aromatic carbocycles. The molecule has 1 aliphatic rings. The first-order chi connectivity index (χ1) is 6.77. The molecule has 4 heteroatoms. The number of rotatable bonds is 1. The zero-order chi connectivity index (χ0) is 9.97. The highest BCUT2D eigenvalue weighted by molar-refractivity contribution is 5.42. The third kappa shape index (κ3) is 1.85. The van der Waals surface area contributed by atoms with Gasteiger partial charge in [-0.2, -0.15) is 0 Å². The van der Waals surface area contributed by atoms with Gasteiger partial charge in [-0.15, -0.1) is 0 Å². The summed E-state index contributed by atoms with van der Waals surface area (Å²) in [6.45, 7) is 6.33. The summed E-state index contributed by atoms with van der Waals surface area (Å²) in [7, 11) is 2.15. The van der Waals surface area contributed by atoms with Crippen LogP contribution in [0.15, 0.2) is 12.4 Å². The Bertz CT molecular complexity index is 305. The lowest BCUT2D eigenvalue weighted by Crippen LogP contribution is -2.45. The maximum absolute atomic E-state index is 4.37. The number of nitrogens with zero attached hydrogens (tertiary/aromatic N) is 4. The highest BCUT2D eigenvalue weighted by Crippen LogP contribution is 2.14. The maximum atomic E-state index is 4.37. The van der Waals surface area contributed by atoms with Gasteiger partial charge in [0.05, 0.1) is 5.69 Å². The second-order valence-corrected chi connectivity index (χ2v) is 3.76. The maximum Gasteiger partial charge on any atom is 0.150 e. The van der Waals surface area contributed by atoms with Gasteiger partial charge >= 0.3 is 0 Å². The Hall–Kier alpha value is -1.16. The van der Waals surface area contributed by atoms with Gasteiger partial charge in [-0.05, 0) is 14.0 Å². The van der Waals surface area contributed by atoms with Gasteiger partial charge in [0, 0.05) is 38.6 Å². The molecule has 2 rings (SSSR count). The van der Waals surface area contributed by atoms with E-state index < -0.39 is 0 Å². The third-order valence-corrected chi connectivity index (χ3v) is 2.66.